The van der Waals surface area contributed by atoms with Gasteiger partial charge < -0.3 is 14.4 Å². The standard InChI is InChI=1S/C27H30N6O2/c1-2-32-15-19-14-31(16-24(19)29-32)21-5-6-22-23(13-21)28-10-7-25(22)35-26-17-33(20-3-4-20)30-27(26)18-8-11-34-12-9-18/h5-7,10,13,15,17-18,20H,2-4,8-9,11-12,14,16H2,1H3. The van der Waals surface area contributed by atoms with Crippen LogP contribution < -0.4 is 9.64 Å². The van der Waals surface area contributed by atoms with Gasteiger partial charge in [-0.3, -0.25) is 14.3 Å². The molecule has 5 heterocycles. The third-order valence-electron chi connectivity index (χ3n) is 7.48. The summed E-state index contributed by atoms with van der Waals surface area (Å²) >= 11 is 0. The van der Waals surface area contributed by atoms with Gasteiger partial charge in [0.05, 0.1) is 30.0 Å². The van der Waals surface area contributed by atoms with Crippen molar-refractivity contribution in [3.05, 3.63) is 59.8 Å². The summed E-state index contributed by atoms with van der Waals surface area (Å²) in [4.78, 5) is 7.03. The molecule has 180 valence electrons. The van der Waals surface area contributed by atoms with Crippen LogP contribution in [0.1, 0.15) is 61.5 Å². The third-order valence-corrected chi connectivity index (χ3v) is 7.48. The molecule has 4 aromatic rings. The van der Waals surface area contributed by atoms with Gasteiger partial charge in [-0.1, -0.05) is 0 Å². The van der Waals surface area contributed by atoms with Gasteiger partial charge >= 0.3 is 0 Å². The Labute approximate surface area is 204 Å². The summed E-state index contributed by atoms with van der Waals surface area (Å²) in [6.07, 6.45) is 10.5. The van der Waals surface area contributed by atoms with Crippen LogP contribution in [0.4, 0.5) is 5.69 Å². The number of aromatic nitrogens is 5. The molecule has 0 atom stereocenters. The molecule has 1 aromatic carbocycles. The average molecular weight is 471 g/mol. The van der Waals surface area contributed by atoms with E-state index in [0.29, 0.717) is 12.0 Å². The predicted octanol–water partition coefficient (Wildman–Crippen LogP) is 5.19. The van der Waals surface area contributed by atoms with Gasteiger partial charge in [0.15, 0.2) is 5.75 Å². The molecule has 3 aromatic heterocycles. The number of rotatable bonds is 6. The maximum atomic E-state index is 6.57. The molecule has 8 heteroatoms. The fourth-order valence-electron chi connectivity index (χ4n) is 5.32. The van der Waals surface area contributed by atoms with E-state index in [1.165, 1.54) is 24.1 Å². The van der Waals surface area contributed by atoms with Crippen molar-refractivity contribution in [3.8, 4) is 11.5 Å². The molecule has 0 amide bonds. The topological polar surface area (TPSA) is 70.2 Å². The first-order valence-electron chi connectivity index (χ1n) is 12.8. The number of hydrogen-bond donors (Lipinski definition) is 0. The van der Waals surface area contributed by atoms with Gasteiger partial charge in [-0.2, -0.15) is 10.2 Å². The van der Waals surface area contributed by atoms with Crippen molar-refractivity contribution in [2.75, 3.05) is 18.1 Å². The number of benzene rings is 1. The number of fused-ring (bicyclic) bond motifs is 2. The van der Waals surface area contributed by atoms with Crippen LogP contribution in [0.3, 0.4) is 0 Å². The second-order valence-electron chi connectivity index (χ2n) is 9.90. The summed E-state index contributed by atoms with van der Waals surface area (Å²) < 4.78 is 16.3. The Kier molecular flexibility index (Phi) is 5.01. The summed E-state index contributed by atoms with van der Waals surface area (Å²) in [5.41, 5.74) is 5.65. The van der Waals surface area contributed by atoms with Crippen LogP contribution in [0.5, 0.6) is 11.5 Å². The Morgan fingerprint density at radius 3 is 2.69 bits per heavy atom. The fourth-order valence-corrected chi connectivity index (χ4v) is 5.32. The molecule has 1 saturated heterocycles. The van der Waals surface area contributed by atoms with E-state index < -0.39 is 0 Å². The molecular weight excluding hydrogens is 440 g/mol. The smallest absolute Gasteiger partial charge is 0.168 e. The lowest BCUT2D eigenvalue weighted by Crippen LogP contribution is -2.16. The molecule has 8 nitrogen and oxygen atoms in total. The lowest BCUT2D eigenvalue weighted by molar-refractivity contribution is 0.0839. The van der Waals surface area contributed by atoms with E-state index in [1.54, 1.807) is 0 Å². The molecule has 2 aliphatic heterocycles. The van der Waals surface area contributed by atoms with Gasteiger partial charge in [0, 0.05) is 61.3 Å². The SMILES string of the molecule is CCn1cc2c(n1)CN(c1ccc3c(Oc4cn(C5CC5)nc4C4CCOCC4)ccnc3c1)C2. The minimum absolute atomic E-state index is 0.383. The lowest BCUT2D eigenvalue weighted by Gasteiger charge is -2.21. The first kappa shape index (κ1) is 20.9. The van der Waals surface area contributed by atoms with Crippen LogP contribution in [-0.2, 0) is 24.4 Å². The van der Waals surface area contributed by atoms with Crippen molar-refractivity contribution in [2.24, 2.45) is 0 Å². The Morgan fingerprint density at radius 1 is 1.00 bits per heavy atom. The second kappa shape index (κ2) is 8.37. The number of hydrogen-bond acceptors (Lipinski definition) is 6. The highest BCUT2D eigenvalue weighted by Gasteiger charge is 2.30. The van der Waals surface area contributed by atoms with Crippen molar-refractivity contribution < 1.29 is 9.47 Å². The third kappa shape index (κ3) is 3.86. The normalized spacial score (nSPS) is 18.4. The van der Waals surface area contributed by atoms with Gasteiger partial charge in [0.25, 0.3) is 0 Å². The Bertz CT molecular complexity index is 1360. The minimum Gasteiger partial charge on any atom is -0.453 e. The summed E-state index contributed by atoms with van der Waals surface area (Å²) in [6.45, 7) is 6.32. The highest BCUT2D eigenvalue weighted by atomic mass is 16.5. The number of pyridine rings is 1. The van der Waals surface area contributed by atoms with Gasteiger partial charge in [0.1, 0.15) is 11.4 Å². The van der Waals surface area contributed by atoms with Crippen LogP contribution >= 0.6 is 0 Å². The van der Waals surface area contributed by atoms with E-state index in [-0.39, 0.29) is 0 Å². The van der Waals surface area contributed by atoms with E-state index >= 15 is 0 Å². The van der Waals surface area contributed by atoms with Crippen LogP contribution in [0.25, 0.3) is 10.9 Å². The van der Waals surface area contributed by atoms with Crippen molar-refractivity contribution in [1.82, 2.24) is 24.5 Å². The fraction of sp³-hybridized carbons (Fsp3) is 0.444. The molecule has 0 N–H and O–H groups in total. The number of aryl methyl sites for hydroxylation is 1. The van der Waals surface area contributed by atoms with Gasteiger partial charge in [-0.05, 0) is 56.9 Å². The summed E-state index contributed by atoms with van der Waals surface area (Å²) in [6, 6.07) is 8.95. The molecule has 1 aliphatic carbocycles. The van der Waals surface area contributed by atoms with E-state index in [2.05, 4.69) is 52.1 Å². The largest absolute Gasteiger partial charge is 0.453 e. The van der Waals surface area contributed by atoms with Crippen molar-refractivity contribution in [3.63, 3.8) is 0 Å². The first-order chi connectivity index (χ1) is 17.2. The molecule has 2 fully saturated rings. The molecule has 1 saturated carbocycles. The van der Waals surface area contributed by atoms with E-state index in [9.17, 15) is 0 Å². The van der Waals surface area contributed by atoms with Crippen LogP contribution in [0.2, 0.25) is 0 Å². The molecule has 3 aliphatic rings. The molecule has 0 unspecified atom stereocenters. The number of nitrogens with zero attached hydrogens (tertiary/aromatic N) is 6. The van der Waals surface area contributed by atoms with Crippen molar-refractivity contribution in [2.45, 2.75) is 64.2 Å². The van der Waals surface area contributed by atoms with Gasteiger partial charge in [-0.25, -0.2) is 0 Å². The van der Waals surface area contributed by atoms with Crippen LogP contribution in [-0.4, -0.2) is 37.8 Å². The molecule has 7 rings (SSSR count). The summed E-state index contributed by atoms with van der Waals surface area (Å²) in [5, 5.41) is 10.7. The van der Waals surface area contributed by atoms with Gasteiger partial charge in [-0.15, -0.1) is 0 Å². The molecular formula is C27H30N6O2. The maximum absolute atomic E-state index is 6.57. The highest BCUT2D eigenvalue weighted by Crippen LogP contribution is 2.41. The monoisotopic (exact) mass is 470 g/mol. The van der Waals surface area contributed by atoms with Crippen LogP contribution in [0, 0.1) is 0 Å². The molecule has 0 bridgehead atoms. The highest BCUT2D eigenvalue weighted by molar-refractivity contribution is 5.88. The zero-order chi connectivity index (χ0) is 23.4. The summed E-state index contributed by atoms with van der Waals surface area (Å²) in [5.74, 6) is 2.08. The first-order valence-corrected chi connectivity index (χ1v) is 12.8. The van der Waals surface area contributed by atoms with E-state index in [4.69, 9.17) is 19.7 Å². The van der Waals surface area contributed by atoms with E-state index in [1.807, 2.05) is 16.9 Å². The Hall–Kier alpha value is -3.39. The number of ether oxygens (including phenoxy) is 2. The average Bonchev–Trinajstić information content (AvgIpc) is 3.36. The van der Waals surface area contributed by atoms with E-state index in [0.717, 1.165) is 79.5 Å². The molecule has 0 spiro atoms. The second-order valence-corrected chi connectivity index (χ2v) is 9.90. The molecule has 0 radical (unpaired) electrons. The van der Waals surface area contributed by atoms with Crippen LogP contribution in [0.15, 0.2) is 42.9 Å². The summed E-state index contributed by atoms with van der Waals surface area (Å²) in [7, 11) is 0. The zero-order valence-electron chi connectivity index (χ0n) is 20.1. The maximum Gasteiger partial charge on any atom is 0.168 e. The number of anilines is 1. The van der Waals surface area contributed by atoms with Crippen molar-refractivity contribution >= 4 is 16.6 Å². The Morgan fingerprint density at radius 2 is 1.89 bits per heavy atom. The minimum atomic E-state index is 0.383. The van der Waals surface area contributed by atoms with Crippen molar-refractivity contribution in [1.29, 1.82) is 0 Å². The lowest BCUT2D eigenvalue weighted by atomic mass is 9.96. The Balaban J connectivity index is 1.18. The predicted molar refractivity (Wildman–Crippen MR) is 133 cm³/mol. The van der Waals surface area contributed by atoms with Gasteiger partial charge in [0.2, 0.25) is 0 Å². The zero-order valence-corrected chi connectivity index (χ0v) is 20.1. The quantitative estimate of drug-likeness (QED) is 0.386. The molecule has 35 heavy (non-hydrogen) atoms.